The molecular formula is C22H20N2Si. The predicted octanol–water partition coefficient (Wildman–Crippen LogP) is 2.59. The summed E-state index contributed by atoms with van der Waals surface area (Å²) in [7, 11) is -2.21. The summed E-state index contributed by atoms with van der Waals surface area (Å²) in [6, 6.07) is 32.9. The SMILES string of the molecule is c1ccc([Si](Cn2ccnc2)(c2ccccc2)c2ccccc2)cc1. The van der Waals surface area contributed by atoms with Crippen LogP contribution in [-0.2, 0) is 6.17 Å². The molecule has 2 nitrogen and oxygen atoms in total. The second-order valence-corrected chi connectivity index (χ2v) is 10.1. The van der Waals surface area contributed by atoms with Gasteiger partial charge in [-0.3, -0.25) is 0 Å². The van der Waals surface area contributed by atoms with Gasteiger partial charge in [0.1, 0.15) is 0 Å². The van der Waals surface area contributed by atoms with Gasteiger partial charge in [-0.1, -0.05) is 91.0 Å². The molecule has 0 saturated heterocycles. The Morgan fingerprint density at radius 1 is 0.640 bits per heavy atom. The van der Waals surface area contributed by atoms with Crippen molar-refractivity contribution < 1.29 is 0 Å². The molecule has 0 bridgehead atoms. The summed E-state index contributed by atoms with van der Waals surface area (Å²) in [6.07, 6.45) is 6.79. The van der Waals surface area contributed by atoms with Gasteiger partial charge in [0, 0.05) is 18.6 Å². The zero-order valence-corrected chi connectivity index (χ0v) is 15.0. The molecule has 0 aliphatic carbocycles. The first-order chi connectivity index (χ1) is 12.4. The lowest BCUT2D eigenvalue weighted by molar-refractivity contribution is 0.862. The van der Waals surface area contributed by atoms with Crippen molar-refractivity contribution in [3.8, 4) is 0 Å². The molecule has 1 aromatic heterocycles. The van der Waals surface area contributed by atoms with Crippen molar-refractivity contribution >= 4 is 23.6 Å². The minimum absolute atomic E-state index is 0.936. The van der Waals surface area contributed by atoms with E-state index in [9.17, 15) is 0 Å². The van der Waals surface area contributed by atoms with Gasteiger partial charge in [0.25, 0.3) is 0 Å². The van der Waals surface area contributed by atoms with E-state index in [1.54, 1.807) is 0 Å². The van der Waals surface area contributed by atoms with Crippen LogP contribution >= 0.6 is 0 Å². The topological polar surface area (TPSA) is 17.8 Å². The van der Waals surface area contributed by atoms with Gasteiger partial charge in [-0.2, -0.15) is 0 Å². The van der Waals surface area contributed by atoms with Crippen LogP contribution in [0.4, 0.5) is 0 Å². The predicted molar refractivity (Wildman–Crippen MR) is 106 cm³/mol. The van der Waals surface area contributed by atoms with E-state index in [1.807, 2.05) is 12.5 Å². The normalized spacial score (nSPS) is 11.4. The van der Waals surface area contributed by atoms with Crippen molar-refractivity contribution in [1.82, 2.24) is 9.55 Å². The Kier molecular flexibility index (Phi) is 4.31. The zero-order chi connectivity index (χ0) is 17.0. The number of rotatable bonds is 5. The minimum Gasteiger partial charge on any atom is -0.339 e. The van der Waals surface area contributed by atoms with E-state index in [4.69, 9.17) is 0 Å². The van der Waals surface area contributed by atoms with Crippen LogP contribution in [0.2, 0.25) is 0 Å². The van der Waals surface area contributed by atoms with Crippen molar-refractivity contribution in [3.63, 3.8) is 0 Å². The summed E-state index contributed by atoms with van der Waals surface area (Å²) in [4.78, 5) is 4.27. The molecule has 0 fully saturated rings. The zero-order valence-electron chi connectivity index (χ0n) is 14.0. The molecule has 4 aromatic rings. The fraction of sp³-hybridized carbons (Fsp3) is 0.0455. The molecule has 0 aliphatic rings. The fourth-order valence-electron chi connectivity index (χ4n) is 3.60. The van der Waals surface area contributed by atoms with Crippen molar-refractivity contribution in [2.45, 2.75) is 6.17 Å². The first-order valence-corrected chi connectivity index (χ1v) is 10.7. The van der Waals surface area contributed by atoms with Gasteiger partial charge in [-0.25, -0.2) is 4.98 Å². The maximum atomic E-state index is 4.27. The highest BCUT2D eigenvalue weighted by molar-refractivity contribution is 7.10. The maximum absolute atomic E-state index is 4.27. The summed E-state index contributed by atoms with van der Waals surface area (Å²) in [5, 5.41) is 4.25. The quantitative estimate of drug-likeness (QED) is 0.403. The van der Waals surface area contributed by atoms with Gasteiger partial charge in [0.2, 0.25) is 0 Å². The Bertz CT molecular complexity index is 808. The third kappa shape index (κ3) is 2.94. The van der Waals surface area contributed by atoms with Gasteiger partial charge in [0.05, 0.1) is 6.33 Å². The summed E-state index contributed by atoms with van der Waals surface area (Å²) in [6.45, 7) is 0. The van der Waals surface area contributed by atoms with Crippen LogP contribution < -0.4 is 15.6 Å². The fourth-order valence-corrected chi connectivity index (χ4v) is 8.16. The van der Waals surface area contributed by atoms with Crippen molar-refractivity contribution in [3.05, 3.63) is 110 Å². The van der Waals surface area contributed by atoms with Gasteiger partial charge in [-0.15, -0.1) is 0 Å². The Hall–Kier alpha value is -2.91. The number of hydrogen-bond acceptors (Lipinski definition) is 1. The molecule has 4 rings (SSSR count). The number of nitrogens with zero attached hydrogens (tertiary/aromatic N) is 2. The molecule has 0 saturated carbocycles. The smallest absolute Gasteiger partial charge is 0.168 e. The average Bonchev–Trinajstić information content (AvgIpc) is 3.21. The van der Waals surface area contributed by atoms with Gasteiger partial charge in [0.15, 0.2) is 8.07 Å². The lowest BCUT2D eigenvalue weighted by atomic mass is 10.3. The Morgan fingerprint density at radius 2 is 1.08 bits per heavy atom. The lowest BCUT2D eigenvalue weighted by Crippen LogP contribution is -2.69. The van der Waals surface area contributed by atoms with Crippen LogP contribution in [-0.4, -0.2) is 17.6 Å². The van der Waals surface area contributed by atoms with Gasteiger partial charge < -0.3 is 4.57 Å². The van der Waals surface area contributed by atoms with E-state index in [0.717, 1.165) is 6.17 Å². The van der Waals surface area contributed by atoms with E-state index in [-0.39, 0.29) is 0 Å². The van der Waals surface area contributed by atoms with E-state index in [1.165, 1.54) is 15.6 Å². The molecule has 0 unspecified atom stereocenters. The van der Waals surface area contributed by atoms with Gasteiger partial charge >= 0.3 is 0 Å². The van der Waals surface area contributed by atoms with Crippen LogP contribution in [0.3, 0.4) is 0 Å². The standard InChI is InChI=1S/C22H20N2Si/c1-4-10-20(11-5-1)25(19-24-17-16-23-18-24,21-12-6-2-7-13-21)22-14-8-3-9-15-22/h1-18H,19H2. The number of benzene rings is 3. The largest absolute Gasteiger partial charge is 0.339 e. The second-order valence-electron chi connectivity index (χ2n) is 6.24. The van der Waals surface area contributed by atoms with Crippen molar-refractivity contribution in [1.29, 1.82) is 0 Å². The van der Waals surface area contributed by atoms with Crippen LogP contribution in [0.5, 0.6) is 0 Å². The van der Waals surface area contributed by atoms with E-state index >= 15 is 0 Å². The molecule has 0 aliphatic heterocycles. The van der Waals surface area contributed by atoms with Crippen LogP contribution in [0.25, 0.3) is 0 Å². The van der Waals surface area contributed by atoms with E-state index in [0.29, 0.717) is 0 Å². The summed E-state index contributed by atoms with van der Waals surface area (Å²) in [5.41, 5.74) is 0. The Morgan fingerprint density at radius 3 is 1.44 bits per heavy atom. The third-order valence-electron chi connectivity index (χ3n) is 4.78. The monoisotopic (exact) mass is 340 g/mol. The molecule has 25 heavy (non-hydrogen) atoms. The summed E-state index contributed by atoms with van der Waals surface area (Å²) in [5.74, 6) is 0. The molecule has 0 atom stereocenters. The molecule has 122 valence electrons. The molecular weight excluding hydrogens is 320 g/mol. The average molecular weight is 341 g/mol. The molecule has 0 amide bonds. The number of imidazole rings is 1. The summed E-state index contributed by atoms with van der Waals surface area (Å²) >= 11 is 0. The number of hydrogen-bond donors (Lipinski definition) is 0. The number of aromatic nitrogens is 2. The molecule has 0 radical (unpaired) electrons. The maximum Gasteiger partial charge on any atom is 0.168 e. The second kappa shape index (κ2) is 6.91. The molecule has 3 aromatic carbocycles. The van der Waals surface area contributed by atoms with Crippen molar-refractivity contribution in [2.75, 3.05) is 0 Å². The molecule has 0 spiro atoms. The van der Waals surface area contributed by atoms with Gasteiger partial charge in [-0.05, 0) is 15.6 Å². The minimum atomic E-state index is -2.21. The van der Waals surface area contributed by atoms with Crippen LogP contribution in [0.15, 0.2) is 110 Å². The van der Waals surface area contributed by atoms with E-state index in [2.05, 4.69) is 107 Å². The molecule has 0 N–H and O–H groups in total. The highest BCUT2D eigenvalue weighted by Crippen LogP contribution is 2.11. The highest BCUT2D eigenvalue weighted by Gasteiger charge is 2.39. The lowest BCUT2D eigenvalue weighted by Gasteiger charge is -2.34. The van der Waals surface area contributed by atoms with E-state index < -0.39 is 8.07 Å². The molecule has 1 heterocycles. The Balaban J connectivity index is 2.01. The first kappa shape index (κ1) is 15.6. The summed E-state index contributed by atoms with van der Waals surface area (Å²) < 4.78 is 2.22. The first-order valence-electron chi connectivity index (χ1n) is 8.52. The van der Waals surface area contributed by atoms with Crippen LogP contribution in [0.1, 0.15) is 0 Å². The molecule has 3 heteroatoms. The third-order valence-corrected chi connectivity index (χ3v) is 9.57. The highest BCUT2D eigenvalue weighted by atomic mass is 28.3. The van der Waals surface area contributed by atoms with Crippen molar-refractivity contribution in [2.24, 2.45) is 0 Å². The van der Waals surface area contributed by atoms with Crippen LogP contribution in [0, 0.1) is 0 Å². The Labute approximate surface area is 149 Å².